The van der Waals surface area contributed by atoms with Crippen molar-refractivity contribution in [2.75, 3.05) is 20.2 Å². The number of hydrogen-bond acceptors (Lipinski definition) is 3. The van der Waals surface area contributed by atoms with Gasteiger partial charge in [-0.05, 0) is 55.0 Å². The first-order chi connectivity index (χ1) is 9.40. The normalized spacial score (nSPS) is 18.2. The fourth-order valence-corrected chi connectivity index (χ4v) is 3.05. The molecule has 1 aromatic rings. The van der Waals surface area contributed by atoms with Gasteiger partial charge in [0.2, 0.25) is 0 Å². The summed E-state index contributed by atoms with van der Waals surface area (Å²) in [6.45, 7) is 10.2. The molecule has 1 saturated heterocycles. The van der Waals surface area contributed by atoms with Crippen LogP contribution in [0.15, 0.2) is 18.2 Å². The maximum absolute atomic E-state index is 9.83. The average Bonchev–Trinajstić information content (AvgIpc) is 2.38. The minimum Gasteiger partial charge on any atom is -0.504 e. The minimum atomic E-state index is 0.231. The summed E-state index contributed by atoms with van der Waals surface area (Å²) in [5, 5.41) is 9.83. The van der Waals surface area contributed by atoms with Crippen LogP contribution in [0.1, 0.15) is 39.2 Å². The van der Waals surface area contributed by atoms with Crippen molar-refractivity contribution < 1.29 is 9.84 Å². The van der Waals surface area contributed by atoms with Crippen molar-refractivity contribution in [3.05, 3.63) is 23.8 Å². The Morgan fingerprint density at radius 3 is 2.40 bits per heavy atom. The molecule has 20 heavy (non-hydrogen) atoms. The molecule has 0 radical (unpaired) electrons. The van der Waals surface area contributed by atoms with E-state index in [0.717, 1.165) is 31.1 Å². The fraction of sp³-hybridized carbons (Fsp3) is 0.647. The Kier molecular flexibility index (Phi) is 4.59. The number of piperidine rings is 1. The molecule has 0 aromatic heterocycles. The Balaban J connectivity index is 1.91. The van der Waals surface area contributed by atoms with Gasteiger partial charge in [0.05, 0.1) is 7.11 Å². The summed E-state index contributed by atoms with van der Waals surface area (Å²) in [5.74, 6) is 1.60. The third-order valence-corrected chi connectivity index (χ3v) is 4.46. The molecule has 3 nitrogen and oxygen atoms in total. The van der Waals surface area contributed by atoms with E-state index in [2.05, 4.69) is 25.7 Å². The minimum absolute atomic E-state index is 0.231. The van der Waals surface area contributed by atoms with Gasteiger partial charge in [0.15, 0.2) is 11.5 Å². The second kappa shape index (κ2) is 6.04. The van der Waals surface area contributed by atoms with Crippen molar-refractivity contribution >= 4 is 0 Å². The molecule has 1 aliphatic rings. The molecule has 0 aliphatic carbocycles. The number of methoxy groups -OCH3 is 1. The van der Waals surface area contributed by atoms with Crippen molar-refractivity contribution in [3.63, 3.8) is 0 Å². The van der Waals surface area contributed by atoms with Gasteiger partial charge in [0, 0.05) is 6.54 Å². The Bertz CT molecular complexity index is 443. The Hall–Kier alpha value is -1.22. The summed E-state index contributed by atoms with van der Waals surface area (Å²) in [5.41, 5.74) is 1.57. The van der Waals surface area contributed by atoms with E-state index in [1.807, 2.05) is 18.2 Å². The van der Waals surface area contributed by atoms with Crippen LogP contribution in [0.3, 0.4) is 0 Å². The van der Waals surface area contributed by atoms with E-state index in [-0.39, 0.29) is 5.75 Å². The SMILES string of the molecule is COc1ccc(CN2CCC(C(C)(C)C)CC2)cc1O. The fourth-order valence-electron chi connectivity index (χ4n) is 3.05. The molecular weight excluding hydrogens is 250 g/mol. The number of ether oxygens (including phenoxy) is 1. The van der Waals surface area contributed by atoms with Crippen LogP contribution < -0.4 is 4.74 Å². The maximum atomic E-state index is 9.83. The van der Waals surface area contributed by atoms with E-state index in [4.69, 9.17) is 4.74 Å². The monoisotopic (exact) mass is 277 g/mol. The average molecular weight is 277 g/mol. The zero-order valence-corrected chi connectivity index (χ0v) is 13.1. The van der Waals surface area contributed by atoms with Crippen LogP contribution >= 0.6 is 0 Å². The van der Waals surface area contributed by atoms with Crippen LogP contribution in [0.5, 0.6) is 11.5 Å². The zero-order valence-electron chi connectivity index (χ0n) is 13.1. The second-order valence-corrected chi connectivity index (χ2v) is 6.92. The molecule has 1 aromatic carbocycles. The second-order valence-electron chi connectivity index (χ2n) is 6.92. The zero-order chi connectivity index (χ0) is 14.8. The molecule has 1 fully saturated rings. The van der Waals surface area contributed by atoms with Gasteiger partial charge in [0.1, 0.15) is 0 Å². The van der Waals surface area contributed by atoms with E-state index in [9.17, 15) is 5.11 Å². The molecule has 112 valence electrons. The first-order valence-corrected chi connectivity index (χ1v) is 7.48. The lowest BCUT2D eigenvalue weighted by atomic mass is 9.75. The van der Waals surface area contributed by atoms with Crippen molar-refractivity contribution in [1.82, 2.24) is 4.90 Å². The van der Waals surface area contributed by atoms with Crippen LogP contribution in [0, 0.1) is 11.3 Å². The number of rotatable bonds is 3. The Morgan fingerprint density at radius 2 is 1.90 bits per heavy atom. The maximum Gasteiger partial charge on any atom is 0.160 e. The van der Waals surface area contributed by atoms with Gasteiger partial charge in [-0.3, -0.25) is 4.90 Å². The molecule has 0 amide bonds. The van der Waals surface area contributed by atoms with Gasteiger partial charge in [0.25, 0.3) is 0 Å². The van der Waals surface area contributed by atoms with Crippen LogP contribution in [0.2, 0.25) is 0 Å². The molecule has 0 saturated carbocycles. The van der Waals surface area contributed by atoms with Gasteiger partial charge in [-0.25, -0.2) is 0 Å². The largest absolute Gasteiger partial charge is 0.504 e. The first kappa shape index (κ1) is 15.2. The Labute approximate surface area is 122 Å². The quantitative estimate of drug-likeness (QED) is 0.915. The number of likely N-dealkylation sites (tertiary alicyclic amines) is 1. The van der Waals surface area contributed by atoms with Gasteiger partial charge in [-0.15, -0.1) is 0 Å². The van der Waals surface area contributed by atoms with Crippen LogP contribution in [0.25, 0.3) is 0 Å². The van der Waals surface area contributed by atoms with E-state index >= 15 is 0 Å². The highest BCUT2D eigenvalue weighted by Gasteiger charge is 2.28. The summed E-state index contributed by atoms with van der Waals surface area (Å²) in [6, 6.07) is 5.69. The number of phenolic OH excluding ortho intramolecular Hbond substituents is 1. The lowest BCUT2D eigenvalue weighted by Crippen LogP contribution is -2.37. The highest BCUT2D eigenvalue weighted by molar-refractivity contribution is 5.41. The standard InChI is InChI=1S/C17H27NO2/c1-17(2,3)14-7-9-18(10-8-14)12-13-5-6-16(20-4)15(19)11-13/h5-6,11,14,19H,7-10,12H2,1-4H3. The number of phenols is 1. The molecule has 3 heteroatoms. The van der Waals surface area contributed by atoms with Gasteiger partial charge >= 0.3 is 0 Å². The van der Waals surface area contributed by atoms with Gasteiger partial charge in [-0.2, -0.15) is 0 Å². The van der Waals surface area contributed by atoms with Gasteiger partial charge < -0.3 is 9.84 Å². The molecule has 1 heterocycles. The molecule has 0 bridgehead atoms. The molecule has 0 spiro atoms. The summed E-state index contributed by atoms with van der Waals surface area (Å²) >= 11 is 0. The van der Waals surface area contributed by atoms with Gasteiger partial charge in [-0.1, -0.05) is 26.8 Å². The van der Waals surface area contributed by atoms with Crippen molar-refractivity contribution in [2.24, 2.45) is 11.3 Å². The molecule has 1 aliphatic heterocycles. The molecule has 1 N–H and O–H groups in total. The number of aromatic hydroxyl groups is 1. The predicted molar refractivity (Wildman–Crippen MR) is 82.1 cm³/mol. The van der Waals surface area contributed by atoms with Crippen LogP contribution in [-0.2, 0) is 6.54 Å². The van der Waals surface area contributed by atoms with Crippen molar-refractivity contribution in [2.45, 2.75) is 40.2 Å². The third kappa shape index (κ3) is 3.66. The molecule has 0 atom stereocenters. The number of nitrogens with zero attached hydrogens (tertiary/aromatic N) is 1. The summed E-state index contributed by atoms with van der Waals surface area (Å²) in [7, 11) is 1.58. The topological polar surface area (TPSA) is 32.7 Å². The number of benzene rings is 1. The first-order valence-electron chi connectivity index (χ1n) is 7.48. The van der Waals surface area contributed by atoms with E-state index < -0.39 is 0 Å². The van der Waals surface area contributed by atoms with E-state index in [1.54, 1.807) is 7.11 Å². The molecule has 0 unspecified atom stereocenters. The van der Waals surface area contributed by atoms with Crippen LogP contribution in [0.4, 0.5) is 0 Å². The highest BCUT2D eigenvalue weighted by atomic mass is 16.5. The summed E-state index contributed by atoms with van der Waals surface area (Å²) in [4.78, 5) is 2.48. The van der Waals surface area contributed by atoms with Crippen LogP contribution in [-0.4, -0.2) is 30.2 Å². The van der Waals surface area contributed by atoms with Crippen molar-refractivity contribution in [1.29, 1.82) is 0 Å². The lowest BCUT2D eigenvalue weighted by molar-refractivity contribution is 0.108. The van der Waals surface area contributed by atoms with E-state index in [1.165, 1.54) is 12.8 Å². The Morgan fingerprint density at radius 1 is 1.25 bits per heavy atom. The predicted octanol–water partition coefficient (Wildman–Crippen LogP) is 3.66. The third-order valence-electron chi connectivity index (χ3n) is 4.46. The smallest absolute Gasteiger partial charge is 0.160 e. The van der Waals surface area contributed by atoms with E-state index in [0.29, 0.717) is 11.2 Å². The number of hydrogen-bond donors (Lipinski definition) is 1. The molecular formula is C17H27NO2. The molecule has 2 rings (SSSR count). The summed E-state index contributed by atoms with van der Waals surface area (Å²) < 4.78 is 5.08. The summed E-state index contributed by atoms with van der Waals surface area (Å²) in [6.07, 6.45) is 2.54. The highest BCUT2D eigenvalue weighted by Crippen LogP contribution is 2.35. The lowest BCUT2D eigenvalue weighted by Gasteiger charge is -2.38. The van der Waals surface area contributed by atoms with Crippen molar-refractivity contribution in [3.8, 4) is 11.5 Å².